The maximum atomic E-state index is 12.3. The largest absolute Gasteiger partial charge is 0.339 e. The zero-order chi connectivity index (χ0) is 15.3. The number of nitrogens with zero attached hydrogens (tertiary/aromatic N) is 1. The predicted molar refractivity (Wildman–Crippen MR) is 91.1 cm³/mol. The Morgan fingerprint density at radius 3 is 2.05 bits per heavy atom. The molecule has 0 aliphatic carbocycles. The van der Waals surface area contributed by atoms with Crippen LogP contribution in [0.2, 0.25) is 0 Å². The van der Waals surface area contributed by atoms with Crippen LogP contribution in [0.1, 0.15) is 57.9 Å². The van der Waals surface area contributed by atoms with Crippen LogP contribution in [0, 0.1) is 0 Å². The monoisotopic (exact) mass is 287 g/mol. The Hall–Kier alpha value is -1.57. The summed E-state index contributed by atoms with van der Waals surface area (Å²) in [4.78, 5) is 14.3. The van der Waals surface area contributed by atoms with Crippen molar-refractivity contribution < 1.29 is 4.79 Å². The Labute approximate surface area is 129 Å². The van der Waals surface area contributed by atoms with E-state index in [2.05, 4.69) is 13.8 Å². The van der Waals surface area contributed by atoms with Crippen LogP contribution in [0.5, 0.6) is 0 Å². The lowest BCUT2D eigenvalue weighted by atomic mass is 10.2. The van der Waals surface area contributed by atoms with Gasteiger partial charge in [-0.05, 0) is 24.5 Å². The van der Waals surface area contributed by atoms with Crippen molar-refractivity contribution >= 4 is 12.0 Å². The van der Waals surface area contributed by atoms with E-state index in [1.165, 1.54) is 25.7 Å². The standard InChI is InChI=1S/C19H29NO/c1-3-5-10-16-20(17-11-6-4-2)19(21)15-14-18-12-8-7-9-13-18/h7-9,12-15H,3-6,10-11,16-17H2,1-2H3/b15-14+. The summed E-state index contributed by atoms with van der Waals surface area (Å²) in [5, 5.41) is 0. The molecule has 1 amide bonds. The fraction of sp³-hybridized carbons (Fsp3) is 0.526. The molecule has 0 aliphatic rings. The summed E-state index contributed by atoms with van der Waals surface area (Å²) in [5.74, 6) is 0.144. The van der Waals surface area contributed by atoms with Gasteiger partial charge in [-0.1, -0.05) is 69.9 Å². The number of hydrogen-bond donors (Lipinski definition) is 0. The third-order valence-corrected chi connectivity index (χ3v) is 3.59. The van der Waals surface area contributed by atoms with Crippen LogP contribution < -0.4 is 0 Å². The van der Waals surface area contributed by atoms with Crippen molar-refractivity contribution in [3.63, 3.8) is 0 Å². The molecule has 0 fully saturated rings. The number of carbonyl (C=O) groups excluding carboxylic acids is 1. The second-order valence-electron chi connectivity index (χ2n) is 5.48. The van der Waals surface area contributed by atoms with Gasteiger partial charge in [-0.3, -0.25) is 4.79 Å². The molecule has 0 spiro atoms. The topological polar surface area (TPSA) is 20.3 Å². The molecule has 0 heterocycles. The van der Waals surface area contributed by atoms with Crippen molar-refractivity contribution in [2.45, 2.75) is 52.4 Å². The Bertz CT molecular complexity index is 401. The molecule has 0 radical (unpaired) electrons. The van der Waals surface area contributed by atoms with E-state index in [1.807, 2.05) is 41.3 Å². The van der Waals surface area contributed by atoms with Gasteiger partial charge in [-0.15, -0.1) is 0 Å². The first-order valence-electron chi connectivity index (χ1n) is 8.30. The Morgan fingerprint density at radius 1 is 0.952 bits per heavy atom. The van der Waals surface area contributed by atoms with E-state index in [9.17, 15) is 4.79 Å². The van der Waals surface area contributed by atoms with Crippen LogP contribution in [-0.2, 0) is 4.79 Å². The van der Waals surface area contributed by atoms with E-state index in [0.717, 1.165) is 31.5 Å². The molecular weight excluding hydrogens is 258 g/mol. The van der Waals surface area contributed by atoms with Crippen LogP contribution in [-0.4, -0.2) is 23.9 Å². The number of amides is 1. The van der Waals surface area contributed by atoms with Crippen LogP contribution in [0.3, 0.4) is 0 Å². The minimum atomic E-state index is 0.144. The van der Waals surface area contributed by atoms with Crippen molar-refractivity contribution in [2.75, 3.05) is 13.1 Å². The maximum Gasteiger partial charge on any atom is 0.246 e. The van der Waals surface area contributed by atoms with Crippen LogP contribution in [0.4, 0.5) is 0 Å². The molecule has 0 atom stereocenters. The first-order chi connectivity index (χ1) is 10.3. The second-order valence-corrected chi connectivity index (χ2v) is 5.48. The fourth-order valence-electron chi connectivity index (χ4n) is 2.27. The van der Waals surface area contributed by atoms with E-state index in [1.54, 1.807) is 6.08 Å². The minimum absolute atomic E-state index is 0.144. The van der Waals surface area contributed by atoms with Gasteiger partial charge in [0.1, 0.15) is 0 Å². The smallest absolute Gasteiger partial charge is 0.246 e. The van der Waals surface area contributed by atoms with E-state index < -0.39 is 0 Å². The summed E-state index contributed by atoms with van der Waals surface area (Å²) in [6.45, 7) is 6.15. The molecule has 0 N–H and O–H groups in total. The molecule has 1 aromatic rings. The highest BCUT2D eigenvalue weighted by molar-refractivity contribution is 5.91. The van der Waals surface area contributed by atoms with Crippen LogP contribution in [0.25, 0.3) is 6.08 Å². The fourth-order valence-corrected chi connectivity index (χ4v) is 2.27. The molecule has 1 aromatic carbocycles. The molecule has 2 heteroatoms. The van der Waals surface area contributed by atoms with Crippen LogP contribution >= 0.6 is 0 Å². The van der Waals surface area contributed by atoms with Gasteiger partial charge in [0, 0.05) is 19.2 Å². The molecule has 2 nitrogen and oxygen atoms in total. The Kier molecular flexibility index (Phi) is 9.26. The molecule has 0 saturated carbocycles. The van der Waals surface area contributed by atoms with Crippen molar-refractivity contribution in [3.8, 4) is 0 Å². The molecule has 0 aliphatic heterocycles. The SMILES string of the molecule is CCCCCN(CCCCC)C(=O)/C=C/c1ccccc1. The molecular formula is C19H29NO. The highest BCUT2D eigenvalue weighted by Gasteiger charge is 2.09. The van der Waals surface area contributed by atoms with E-state index in [4.69, 9.17) is 0 Å². The summed E-state index contributed by atoms with van der Waals surface area (Å²) in [6.07, 6.45) is 10.6. The van der Waals surface area contributed by atoms with Crippen LogP contribution in [0.15, 0.2) is 36.4 Å². The maximum absolute atomic E-state index is 12.3. The lowest BCUT2D eigenvalue weighted by molar-refractivity contribution is -0.126. The summed E-state index contributed by atoms with van der Waals surface area (Å²) in [5.41, 5.74) is 1.08. The minimum Gasteiger partial charge on any atom is -0.339 e. The zero-order valence-electron chi connectivity index (χ0n) is 13.6. The van der Waals surface area contributed by atoms with Gasteiger partial charge in [0.05, 0.1) is 0 Å². The highest BCUT2D eigenvalue weighted by atomic mass is 16.2. The van der Waals surface area contributed by atoms with Crippen molar-refractivity contribution in [2.24, 2.45) is 0 Å². The second kappa shape index (κ2) is 11.1. The number of rotatable bonds is 10. The summed E-state index contributed by atoms with van der Waals surface area (Å²) >= 11 is 0. The summed E-state index contributed by atoms with van der Waals surface area (Å²) in [7, 11) is 0. The van der Waals surface area contributed by atoms with Crippen molar-refractivity contribution in [1.82, 2.24) is 4.90 Å². The van der Waals surface area contributed by atoms with Crippen molar-refractivity contribution in [3.05, 3.63) is 42.0 Å². The molecule has 0 aromatic heterocycles. The van der Waals surface area contributed by atoms with Gasteiger partial charge in [0.15, 0.2) is 0 Å². The third-order valence-electron chi connectivity index (χ3n) is 3.59. The van der Waals surface area contributed by atoms with Gasteiger partial charge in [-0.2, -0.15) is 0 Å². The first-order valence-corrected chi connectivity index (χ1v) is 8.30. The van der Waals surface area contributed by atoms with Gasteiger partial charge >= 0.3 is 0 Å². The van der Waals surface area contributed by atoms with E-state index >= 15 is 0 Å². The Balaban J connectivity index is 2.54. The number of hydrogen-bond acceptors (Lipinski definition) is 1. The quantitative estimate of drug-likeness (QED) is 0.442. The summed E-state index contributed by atoms with van der Waals surface area (Å²) in [6, 6.07) is 10.0. The average molecular weight is 287 g/mol. The van der Waals surface area contributed by atoms with Crippen molar-refractivity contribution in [1.29, 1.82) is 0 Å². The molecule has 21 heavy (non-hydrogen) atoms. The normalized spacial score (nSPS) is 11.0. The van der Waals surface area contributed by atoms with Gasteiger partial charge in [0.2, 0.25) is 5.91 Å². The molecule has 1 rings (SSSR count). The number of carbonyl (C=O) groups is 1. The first kappa shape index (κ1) is 17.5. The molecule has 116 valence electrons. The highest BCUT2D eigenvalue weighted by Crippen LogP contribution is 2.06. The molecule has 0 unspecified atom stereocenters. The number of benzene rings is 1. The van der Waals surface area contributed by atoms with Gasteiger partial charge < -0.3 is 4.90 Å². The van der Waals surface area contributed by atoms with Gasteiger partial charge in [0.25, 0.3) is 0 Å². The zero-order valence-corrected chi connectivity index (χ0v) is 13.6. The predicted octanol–water partition coefficient (Wildman–Crippen LogP) is 4.91. The van der Waals surface area contributed by atoms with Gasteiger partial charge in [-0.25, -0.2) is 0 Å². The summed E-state index contributed by atoms with van der Waals surface area (Å²) < 4.78 is 0. The lowest BCUT2D eigenvalue weighted by Crippen LogP contribution is -2.31. The molecule has 0 saturated heterocycles. The number of unbranched alkanes of at least 4 members (excludes halogenated alkanes) is 4. The lowest BCUT2D eigenvalue weighted by Gasteiger charge is -2.21. The Morgan fingerprint density at radius 2 is 1.52 bits per heavy atom. The van der Waals surface area contributed by atoms with E-state index in [0.29, 0.717) is 0 Å². The van der Waals surface area contributed by atoms with E-state index in [-0.39, 0.29) is 5.91 Å². The average Bonchev–Trinajstić information content (AvgIpc) is 2.52. The molecule has 0 bridgehead atoms. The third kappa shape index (κ3) is 7.69.